The molecule has 0 bridgehead atoms. The Labute approximate surface area is 167 Å². The number of fused-ring (bicyclic) bond motifs is 2. The molecule has 2 aromatic carbocycles. The summed E-state index contributed by atoms with van der Waals surface area (Å²) >= 11 is 1.59. The van der Waals surface area contributed by atoms with Crippen molar-refractivity contribution in [1.82, 2.24) is 15.3 Å². The highest BCUT2D eigenvalue weighted by Gasteiger charge is 2.24. The molecule has 1 aliphatic rings. The van der Waals surface area contributed by atoms with E-state index in [1.807, 2.05) is 49.5 Å². The van der Waals surface area contributed by atoms with Crippen molar-refractivity contribution >= 4 is 27.5 Å². The maximum atomic E-state index is 12.8. The second kappa shape index (κ2) is 6.84. The summed E-state index contributed by atoms with van der Waals surface area (Å²) in [7, 11) is 0. The van der Waals surface area contributed by atoms with Crippen molar-refractivity contribution in [1.29, 1.82) is 0 Å². The van der Waals surface area contributed by atoms with E-state index in [2.05, 4.69) is 28.5 Å². The van der Waals surface area contributed by atoms with Crippen LogP contribution in [0.15, 0.2) is 60.8 Å². The fraction of sp³-hybridized carbons (Fsp3) is 0.174. The van der Waals surface area contributed by atoms with Crippen molar-refractivity contribution in [3.63, 3.8) is 0 Å². The molecule has 0 fully saturated rings. The number of aromatic nitrogens is 2. The number of aryl methyl sites for hydroxylation is 2. The number of benzene rings is 2. The van der Waals surface area contributed by atoms with E-state index in [0.717, 1.165) is 39.3 Å². The fourth-order valence-corrected chi connectivity index (χ4v) is 4.73. The zero-order chi connectivity index (χ0) is 19.1. The Morgan fingerprint density at radius 3 is 2.89 bits per heavy atom. The van der Waals surface area contributed by atoms with Crippen LogP contribution in [0, 0.1) is 6.92 Å². The fourth-order valence-electron chi connectivity index (χ4n) is 3.73. The minimum Gasteiger partial charge on any atom is -0.345 e. The molecule has 0 spiro atoms. The molecular weight excluding hydrogens is 366 g/mol. The molecule has 0 saturated heterocycles. The van der Waals surface area contributed by atoms with E-state index in [1.165, 1.54) is 11.1 Å². The molecule has 0 aliphatic heterocycles. The molecule has 0 saturated carbocycles. The smallest absolute Gasteiger partial charge is 0.251 e. The van der Waals surface area contributed by atoms with E-state index >= 15 is 0 Å². The van der Waals surface area contributed by atoms with Crippen molar-refractivity contribution in [2.75, 3.05) is 0 Å². The number of carbonyl (C=O) groups excluding carboxylic acids is 1. The number of thiazole rings is 1. The molecule has 2 heterocycles. The van der Waals surface area contributed by atoms with E-state index in [0.29, 0.717) is 5.56 Å². The first-order chi connectivity index (χ1) is 13.7. The second-order valence-electron chi connectivity index (χ2n) is 7.15. The van der Waals surface area contributed by atoms with Crippen LogP contribution >= 0.6 is 11.3 Å². The van der Waals surface area contributed by atoms with Crippen molar-refractivity contribution in [3.8, 4) is 10.6 Å². The lowest BCUT2D eigenvalue weighted by atomic mass is 10.1. The maximum Gasteiger partial charge on any atom is 0.251 e. The minimum atomic E-state index is -0.0319. The van der Waals surface area contributed by atoms with E-state index in [9.17, 15) is 4.79 Å². The molecule has 4 aromatic rings. The van der Waals surface area contributed by atoms with Crippen LogP contribution in [0.4, 0.5) is 0 Å². The van der Waals surface area contributed by atoms with Crippen LogP contribution in [-0.4, -0.2) is 15.9 Å². The topological polar surface area (TPSA) is 54.9 Å². The van der Waals surface area contributed by atoms with Crippen molar-refractivity contribution in [3.05, 3.63) is 83.2 Å². The summed E-state index contributed by atoms with van der Waals surface area (Å²) in [5, 5.41) is 4.12. The third-order valence-corrected chi connectivity index (χ3v) is 6.31. The number of hydrogen-bond acceptors (Lipinski definition) is 4. The highest BCUT2D eigenvalue weighted by atomic mass is 32.1. The van der Waals surface area contributed by atoms with Gasteiger partial charge in [0.2, 0.25) is 0 Å². The van der Waals surface area contributed by atoms with Gasteiger partial charge in [-0.3, -0.25) is 9.78 Å². The number of hydrogen-bond donors (Lipinski definition) is 1. The van der Waals surface area contributed by atoms with Gasteiger partial charge in [-0.15, -0.1) is 11.3 Å². The van der Waals surface area contributed by atoms with E-state index < -0.39 is 0 Å². The van der Waals surface area contributed by atoms with Gasteiger partial charge in [-0.1, -0.05) is 24.3 Å². The van der Waals surface area contributed by atoms with Gasteiger partial charge in [-0.25, -0.2) is 4.98 Å². The lowest BCUT2D eigenvalue weighted by Gasteiger charge is -2.14. The monoisotopic (exact) mass is 385 g/mol. The summed E-state index contributed by atoms with van der Waals surface area (Å²) in [5.74, 6) is -0.0319. The SMILES string of the molecule is Cc1ccc(-c2nc3ccc(C(=O)N[C@H]4CCc5ccccc54)cc3s2)cn1. The minimum absolute atomic E-state index is 0.0319. The second-order valence-corrected chi connectivity index (χ2v) is 8.18. The standard InChI is InChI=1S/C23H19N3OS/c1-14-6-7-17(13-24-14)23-26-20-11-9-16(12-21(20)28-23)22(27)25-19-10-8-15-4-2-3-5-18(15)19/h2-7,9,11-13,19H,8,10H2,1H3,(H,25,27)/t19-/m0/s1. The lowest BCUT2D eigenvalue weighted by molar-refractivity contribution is 0.0937. The molecule has 1 N–H and O–H groups in total. The number of amides is 1. The van der Waals surface area contributed by atoms with Gasteiger partial charge in [0.15, 0.2) is 0 Å². The van der Waals surface area contributed by atoms with Crippen LogP contribution in [0.25, 0.3) is 20.8 Å². The van der Waals surface area contributed by atoms with Gasteiger partial charge in [-0.2, -0.15) is 0 Å². The predicted molar refractivity (Wildman–Crippen MR) is 113 cm³/mol. The predicted octanol–water partition coefficient (Wildman–Crippen LogP) is 5.08. The molecule has 0 radical (unpaired) electrons. The summed E-state index contributed by atoms with van der Waals surface area (Å²) < 4.78 is 1.01. The molecule has 1 amide bonds. The molecule has 1 aliphatic carbocycles. The first-order valence-corrected chi connectivity index (χ1v) is 10.2. The van der Waals surface area contributed by atoms with Crippen LogP contribution in [0.5, 0.6) is 0 Å². The van der Waals surface area contributed by atoms with Crippen molar-refractivity contribution < 1.29 is 4.79 Å². The van der Waals surface area contributed by atoms with Gasteiger partial charge < -0.3 is 5.32 Å². The molecule has 2 aromatic heterocycles. The first kappa shape index (κ1) is 17.1. The normalized spacial score (nSPS) is 15.5. The third kappa shape index (κ3) is 3.08. The Kier molecular flexibility index (Phi) is 4.17. The highest BCUT2D eigenvalue weighted by Crippen LogP contribution is 2.32. The zero-order valence-electron chi connectivity index (χ0n) is 15.5. The Hall–Kier alpha value is -3.05. The average Bonchev–Trinajstić information content (AvgIpc) is 3.32. The lowest BCUT2D eigenvalue weighted by Crippen LogP contribution is -2.27. The Balaban J connectivity index is 1.40. The average molecular weight is 385 g/mol. The van der Waals surface area contributed by atoms with Crippen molar-refractivity contribution in [2.45, 2.75) is 25.8 Å². The van der Waals surface area contributed by atoms with E-state index in [-0.39, 0.29) is 11.9 Å². The number of pyridine rings is 1. The summed E-state index contributed by atoms with van der Waals surface area (Å²) in [6, 6.07) is 18.2. The molecule has 1 atom stereocenters. The van der Waals surface area contributed by atoms with Gasteiger partial charge in [0.25, 0.3) is 5.91 Å². The third-order valence-electron chi connectivity index (χ3n) is 5.25. The molecule has 138 valence electrons. The summed E-state index contributed by atoms with van der Waals surface area (Å²) in [4.78, 5) is 21.9. The van der Waals surface area contributed by atoms with E-state index in [4.69, 9.17) is 4.98 Å². The summed E-state index contributed by atoms with van der Waals surface area (Å²) in [6.07, 6.45) is 3.82. The van der Waals surface area contributed by atoms with Gasteiger partial charge in [0.1, 0.15) is 5.01 Å². The molecule has 4 nitrogen and oxygen atoms in total. The van der Waals surface area contributed by atoms with Crippen molar-refractivity contribution in [2.24, 2.45) is 0 Å². The summed E-state index contributed by atoms with van der Waals surface area (Å²) in [6.45, 7) is 1.97. The van der Waals surface area contributed by atoms with Crippen LogP contribution in [0.3, 0.4) is 0 Å². The summed E-state index contributed by atoms with van der Waals surface area (Å²) in [5.41, 5.74) is 6.14. The first-order valence-electron chi connectivity index (χ1n) is 9.40. The van der Waals surface area contributed by atoms with Crippen LogP contribution < -0.4 is 5.32 Å². The molecule has 0 unspecified atom stereocenters. The van der Waals surface area contributed by atoms with Crippen LogP contribution in [0.2, 0.25) is 0 Å². The Morgan fingerprint density at radius 2 is 2.04 bits per heavy atom. The highest BCUT2D eigenvalue weighted by molar-refractivity contribution is 7.21. The number of nitrogens with zero attached hydrogens (tertiary/aromatic N) is 2. The number of carbonyl (C=O) groups is 1. The number of nitrogens with one attached hydrogen (secondary N) is 1. The van der Waals surface area contributed by atoms with Gasteiger partial charge >= 0.3 is 0 Å². The van der Waals surface area contributed by atoms with Crippen LogP contribution in [-0.2, 0) is 6.42 Å². The molecular formula is C23H19N3OS. The van der Waals surface area contributed by atoms with E-state index in [1.54, 1.807) is 11.3 Å². The number of rotatable bonds is 3. The van der Waals surface area contributed by atoms with Gasteiger partial charge in [-0.05, 0) is 61.2 Å². The zero-order valence-corrected chi connectivity index (χ0v) is 16.3. The molecule has 5 heteroatoms. The largest absolute Gasteiger partial charge is 0.345 e. The molecule has 28 heavy (non-hydrogen) atoms. The van der Waals surface area contributed by atoms with Gasteiger partial charge in [0.05, 0.1) is 16.3 Å². The maximum absolute atomic E-state index is 12.8. The van der Waals surface area contributed by atoms with Crippen LogP contribution in [0.1, 0.15) is 39.6 Å². The molecule has 5 rings (SSSR count). The Morgan fingerprint density at radius 1 is 1.14 bits per heavy atom. The Bertz CT molecular complexity index is 1180. The van der Waals surface area contributed by atoms with Gasteiger partial charge in [0, 0.05) is 23.0 Å². The quantitative estimate of drug-likeness (QED) is 0.535.